The molecule has 2 amide bonds. The van der Waals surface area contributed by atoms with Gasteiger partial charge in [0, 0.05) is 40.5 Å². The number of ether oxygens (including phenoxy) is 2. The molecule has 3 aromatic rings. The summed E-state index contributed by atoms with van der Waals surface area (Å²) >= 11 is 0. The molecule has 152 valence electrons. The molecule has 0 aliphatic carbocycles. The van der Waals surface area contributed by atoms with Gasteiger partial charge in [-0.3, -0.25) is 4.79 Å². The summed E-state index contributed by atoms with van der Waals surface area (Å²) in [6.45, 7) is 0.393. The SMILES string of the molecule is COc1ccc(NC(=O)c2ccc3[nH]c(CCCNC(=O)O)cc3c2)cc1OC. The van der Waals surface area contributed by atoms with Gasteiger partial charge < -0.3 is 30.2 Å². The molecule has 0 aliphatic heterocycles. The lowest BCUT2D eigenvalue weighted by Gasteiger charge is -2.10. The maximum atomic E-state index is 12.6. The van der Waals surface area contributed by atoms with E-state index in [4.69, 9.17) is 14.6 Å². The van der Waals surface area contributed by atoms with E-state index in [2.05, 4.69) is 15.6 Å². The minimum atomic E-state index is -1.02. The molecule has 0 aliphatic rings. The van der Waals surface area contributed by atoms with E-state index in [0.29, 0.717) is 42.1 Å². The van der Waals surface area contributed by atoms with Crippen LogP contribution in [0.15, 0.2) is 42.5 Å². The maximum absolute atomic E-state index is 12.6. The molecule has 0 bridgehead atoms. The Hall–Kier alpha value is -3.68. The van der Waals surface area contributed by atoms with Crippen LogP contribution in [0.2, 0.25) is 0 Å². The third-order valence-corrected chi connectivity index (χ3v) is 4.48. The summed E-state index contributed by atoms with van der Waals surface area (Å²) in [6.07, 6.45) is 0.375. The quantitative estimate of drug-likeness (QED) is 0.434. The summed E-state index contributed by atoms with van der Waals surface area (Å²) in [5, 5.41) is 14.7. The lowest BCUT2D eigenvalue weighted by Crippen LogP contribution is -2.22. The topological polar surface area (TPSA) is 113 Å². The fourth-order valence-corrected chi connectivity index (χ4v) is 3.06. The van der Waals surface area contributed by atoms with Gasteiger partial charge in [0.25, 0.3) is 5.91 Å². The number of aromatic nitrogens is 1. The molecule has 0 saturated heterocycles. The molecule has 8 nitrogen and oxygen atoms in total. The molecule has 2 aromatic carbocycles. The molecule has 4 N–H and O–H groups in total. The molecular formula is C21H23N3O5. The van der Waals surface area contributed by atoms with Crippen molar-refractivity contribution in [3.05, 3.63) is 53.7 Å². The zero-order chi connectivity index (χ0) is 20.8. The first-order valence-corrected chi connectivity index (χ1v) is 9.12. The predicted molar refractivity (Wildman–Crippen MR) is 110 cm³/mol. The number of rotatable bonds is 8. The lowest BCUT2D eigenvalue weighted by molar-refractivity contribution is 0.102. The van der Waals surface area contributed by atoms with Gasteiger partial charge in [0.1, 0.15) is 0 Å². The van der Waals surface area contributed by atoms with Gasteiger partial charge >= 0.3 is 6.09 Å². The van der Waals surface area contributed by atoms with E-state index in [9.17, 15) is 9.59 Å². The Balaban J connectivity index is 1.69. The van der Waals surface area contributed by atoms with Crippen molar-refractivity contribution >= 4 is 28.6 Å². The minimum absolute atomic E-state index is 0.229. The molecule has 29 heavy (non-hydrogen) atoms. The Labute approximate surface area is 167 Å². The van der Waals surface area contributed by atoms with Crippen molar-refractivity contribution in [2.45, 2.75) is 12.8 Å². The summed E-state index contributed by atoms with van der Waals surface area (Å²) in [5.41, 5.74) is 3.05. The third kappa shape index (κ3) is 4.98. The first kappa shape index (κ1) is 20.1. The second kappa shape index (κ2) is 9.01. The number of carboxylic acid groups (broad SMARTS) is 1. The number of nitrogens with one attached hydrogen (secondary N) is 3. The number of carbonyl (C=O) groups excluding carboxylic acids is 1. The van der Waals surface area contributed by atoms with Gasteiger partial charge in [-0.25, -0.2) is 4.79 Å². The van der Waals surface area contributed by atoms with Crippen LogP contribution in [0.4, 0.5) is 10.5 Å². The number of fused-ring (bicyclic) bond motifs is 1. The van der Waals surface area contributed by atoms with Gasteiger partial charge in [0.2, 0.25) is 0 Å². The first-order chi connectivity index (χ1) is 14.0. The molecule has 0 fully saturated rings. The van der Waals surface area contributed by atoms with E-state index in [1.165, 1.54) is 0 Å². The normalized spacial score (nSPS) is 10.6. The van der Waals surface area contributed by atoms with Crippen LogP contribution in [0, 0.1) is 0 Å². The number of amides is 2. The summed E-state index contributed by atoms with van der Waals surface area (Å²) < 4.78 is 10.5. The van der Waals surface area contributed by atoms with Gasteiger partial charge in [-0.1, -0.05) is 0 Å². The third-order valence-electron chi connectivity index (χ3n) is 4.48. The zero-order valence-corrected chi connectivity index (χ0v) is 16.2. The highest BCUT2D eigenvalue weighted by atomic mass is 16.5. The van der Waals surface area contributed by atoms with Crippen molar-refractivity contribution in [3.8, 4) is 11.5 Å². The van der Waals surface area contributed by atoms with Crippen LogP contribution in [-0.2, 0) is 6.42 Å². The van der Waals surface area contributed by atoms with Gasteiger partial charge in [-0.05, 0) is 49.2 Å². The standard InChI is InChI=1S/C21H23N3O5/c1-28-18-8-6-16(12-19(18)29-2)24-20(25)13-5-7-17-14(10-13)11-15(23-17)4-3-9-22-21(26)27/h5-8,10-12,22-23H,3-4,9H2,1-2H3,(H,24,25)(H,26,27). The number of aryl methyl sites for hydroxylation is 1. The van der Waals surface area contributed by atoms with Crippen molar-refractivity contribution in [3.63, 3.8) is 0 Å². The fourth-order valence-electron chi connectivity index (χ4n) is 3.06. The lowest BCUT2D eigenvalue weighted by atomic mass is 10.1. The second-order valence-corrected chi connectivity index (χ2v) is 6.46. The van der Waals surface area contributed by atoms with E-state index >= 15 is 0 Å². The Kier molecular flexibility index (Phi) is 6.23. The van der Waals surface area contributed by atoms with Gasteiger partial charge in [-0.2, -0.15) is 0 Å². The number of methoxy groups -OCH3 is 2. The fraction of sp³-hybridized carbons (Fsp3) is 0.238. The van der Waals surface area contributed by atoms with E-state index in [1.54, 1.807) is 38.5 Å². The average molecular weight is 397 g/mol. The Morgan fingerprint density at radius 3 is 2.55 bits per heavy atom. The zero-order valence-electron chi connectivity index (χ0n) is 16.2. The number of benzene rings is 2. The molecule has 0 atom stereocenters. The number of hydrogen-bond donors (Lipinski definition) is 4. The van der Waals surface area contributed by atoms with Crippen LogP contribution >= 0.6 is 0 Å². The maximum Gasteiger partial charge on any atom is 0.404 e. The Morgan fingerprint density at radius 1 is 1.03 bits per heavy atom. The van der Waals surface area contributed by atoms with Crippen LogP contribution in [0.5, 0.6) is 11.5 Å². The highest BCUT2D eigenvalue weighted by molar-refractivity contribution is 6.06. The van der Waals surface area contributed by atoms with Crippen molar-refractivity contribution in [1.82, 2.24) is 10.3 Å². The number of carbonyl (C=O) groups is 2. The van der Waals surface area contributed by atoms with Crippen molar-refractivity contribution in [2.24, 2.45) is 0 Å². The highest BCUT2D eigenvalue weighted by Gasteiger charge is 2.11. The second-order valence-electron chi connectivity index (χ2n) is 6.46. The molecule has 0 unspecified atom stereocenters. The molecule has 0 spiro atoms. The molecule has 0 radical (unpaired) electrons. The van der Waals surface area contributed by atoms with E-state index in [-0.39, 0.29) is 5.91 Å². The number of hydrogen-bond acceptors (Lipinski definition) is 4. The van der Waals surface area contributed by atoms with Gasteiger partial charge in [-0.15, -0.1) is 0 Å². The minimum Gasteiger partial charge on any atom is -0.493 e. The first-order valence-electron chi connectivity index (χ1n) is 9.12. The highest BCUT2D eigenvalue weighted by Crippen LogP contribution is 2.30. The molecule has 1 heterocycles. The molecule has 1 aromatic heterocycles. The van der Waals surface area contributed by atoms with Crippen LogP contribution in [0.1, 0.15) is 22.5 Å². The van der Waals surface area contributed by atoms with Crippen LogP contribution in [0.25, 0.3) is 10.9 Å². The monoisotopic (exact) mass is 397 g/mol. The smallest absolute Gasteiger partial charge is 0.404 e. The number of anilines is 1. The largest absolute Gasteiger partial charge is 0.493 e. The number of aromatic amines is 1. The Morgan fingerprint density at radius 2 is 1.83 bits per heavy atom. The summed E-state index contributed by atoms with van der Waals surface area (Å²) in [4.78, 5) is 26.4. The van der Waals surface area contributed by atoms with Crippen LogP contribution < -0.4 is 20.1 Å². The van der Waals surface area contributed by atoms with E-state index in [0.717, 1.165) is 16.6 Å². The van der Waals surface area contributed by atoms with Gasteiger partial charge in [0.05, 0.1) is 14.2 Å². The van der Waals surface area contributed by atoms with E-state index in [1.807, 2.05) is 18.2 Å². The summed E-state index contributed by atoms with van der Waals surface area (Å²) in [7, 11) is 3.09. The van der Waals surface area contributed by atoms with Crippen LogP contribution in [0.3, 0.4) is 0 Å². The van der Waals surface area contributed by atoms with Crippen molar-refractivity contribution in [2.75, 3.05) is 26.1 Å². The van der Waals surface area contributed by atoms with E-state index < -0.39 is 6.09 Å². The molecule has 8 heteroatoms. The van der Waals surface area contributed by atoms with Gasteiger partial charge in [0.15, 0.2) is 11.5 Å². The summed E-state index contributed by atoms with van der Waals surface area (Å²) in [6, 6.07) is 12.6. The molecule has 3 rings (SSSR count). The predicted octanol–water partition coefficient (Wildman–Crippen LogP) is 3.64. The van der Waals surface area contributed by atoms with Crippen LogP contribution in [-0.4, -0.2) is 42.9 Å². The van der Waals surface area contributed by atoms with Crippen molar-refractivity contribution in [1.29, 1.82) is 0 Å². The van der Waals surface area contributed by atoms with Crippen molar-refractivity contribution < 1.29 is 24.2 Å². The Bertz CT molecular complexity index is 1030. The number of H-pyrrole nitrogens is 1. The average Bonchev–Trinajstić information content (AvgIpc) is 3.12. The molecular weight excluding hydrogens is 374 g/mol. The molecule has 0 saturated carbocycles. The summed E-state index contributed by atoms with van der Waals surface area (Å²) in [5.74, 6) is 0.895.